The molecule has 2 unspecified atom stereocenters. The van der Waals surface area contributed by atoms with E-state index in [1.54, 1.807) is 0 Å². The number of halogens is 1. The number of aromatic carboxylic acids is 1. The lowest BCUT2D eigenvalue weighted by Crippen LogP contribution is -2.40. The number of thioether (sulfide) groups is 1. The van der Waals surface area contributed by atoms with Gasteiger partial charge in [-0.15, -0.1) is 0 Å². The summed E-state index contributed by atoms with van der Waals surface area (Å²) in [5, 5.41) is 9.73. The van der Waals surface area contributed by atoms with Crippen molar-refractivity contribution in [2.75, 3.05) is 23.7 Å². The van der Waals surface area contributed by atoms with E-state index in [0.717, 1.165) is 13.1 Å². The molecular formula is C13H17FN2O2S. The monoisotopic (exact) mass is 284 g/mol. The molecule has 1 aromatic rings. The largest absolute Gasteiger partial charge is 0.478 e. The Kier molecular flexibility index (Phi) is 3.89. The first-order valence-electron chi connectivity index (χ1n) is 6.11. The van der Waals surface area contributed by atoms with E-state index >= 15 is 0 Å². The lowest BCUT2D eigenvalue weighted by molar-refractivity contribution is 0.0692. The number of carboxylic acids is 1. The molecule has 0 amide bonds. The summed E-state index contributed by atoms with van der Waals surface area (Å²) in [6.07, 6.45) is 0. The molecule has 2 rings (SSSR count). The van der Waals surface area contributed by atoms with E-state index < -0.39 is 11.8 Å². The van der Waals surface area contributed by atoms with Gasteiger partial charge in [0.15, 0.2) is 0 Å². The highest BCUT2D eigenvalue weighted by molar-refractivity contribution is 8.00. The highest BCUT2D eigenvalue weighted by atomic mass is 32.2. The van der Waals surface area contributed by atoms with E-state index in [-0.39, 0.29) is 5.56 Å². The van der Waals surface area contributed by atoms with Gasteiger partial charge in [0.2, 0.25) is 0 Å². The molecule has 0 bridgehead atoms. The van der Waals surface area contributed by atoms with E-state index in [0.29, 0.717) is 21.9 Å². The average Bonchev–Trinajstić information content (AvgIpc) is 2.30. The first-order chi connectivity index (χ1) is 8.88. The molecule has 1 fully saturated rings. The van der Waals surface area contributed by atoms with Gasteiger partial charge in [-0.2, -0.15) is 11.8 Å². The van der Waals surface area contributed by atoms with E-state index in [1.165, 1.54) is 12.1 Å². The molecule has 6 heteroatoms. The van der Waals surface area contributed by atoms with Gasteiger partial charge >= 0.3 is 5.97 Å². The van der Waals surface area contributed by atoms with Crippen molar-refractivity contribution in [3.05, 3.63) is 23.5 Å². The Labute approximate surface area is 115 Å². The number of benzene rings is 1. The number of nitrogen functional groups attached to an aromatic ring is 1. The third kappa shape index (κ3) is 2.94. The molecule has 104 valence electrons. The van der Waals surface area contributed by atoms with Gasteiger partial charge in [0.1, 0.15) is 5.82 Å². The van der Waals surface area contributed by atoms with Crippen molar-refractivity contribution in [1.29, 1.82) is 0 Å². The van der Waals surface area contributed by atoms with Crippen molar-refractivity contribution in [3.8, 4) is 0 Å². The topological polar surface area (TPSA) is 66.6 Å². The third-order valence-corrected chi connectivity index (χ3v) is 4.33. The van der Waals surface area contributed by atoms with Crippen molar-refractivity contribution in [2.24, 2.45) is 0 Å². The van der Waals surface area contributed by atoms with Gasteiger partial charge in [-0.1, -0.05) is 13.8 Å². The summed E-state index contributed by atoms with van der Waals surface area (Å²) in [6.45, 7) is 5.80. The van der Waals surface area contributed by atoms with Crippen LogP contribution in [-0.2, 0) is 0 Å². The number of anilines is 2. The predicted molar refractivity (Wildman–Crippen MR) is 76.5 cm³/mol. The van der Waals surface area contributed by atoms with Crippen LogP contribution in [-0.4, -0.2) is 34.7 Å². The molecule has 0 saturated carbocycles. The number of carbonyl (C=O) groups is 1. The van der Waals surface area contributed by atoms with Gasteiger partial charge in [-0.25, -0.2) is 9.18 Å². The Bertz CT molecular complexity index is 500. The zero-order valence-electron chi connectivity index (χ0n) is 10.9. The number of nitrogens with zero attached hydrogens (tertiary/aromatic N) is 1. The van der Waals surface area contributed by atoms with Gasteiger partial charge < -0.3 is 15.7 Å². The molecule has 1 aromatic carbocycles. The highest BCUT2D eigenvalue weighted by Gasteiger charge is 2.25. The van der Waals surface area contributed by atoms with Crippen LogP contribution in [0.4, 0.5) is 15.8 Å². The predicted octanol–water partition coefficient (Wildman–Crippen LogP) is 2.44. The SMILES string of the molecule is CC1CN(c2cc(F)c(C(=O)O)cc2N)CC(C)S1. The van der Waals surface area contributed by atoms with Crippen molar-refractivity contribution in [1.82, 2.24) is 0 Å². The molecule has 0 radical (unpaired) electrons. The van der Waals surface area contributed by atoms with E-state index in [4.69, 9.17) is 10.8 Å². The Morgan fingerprint density at radius 2 is 2.00 bits per heavy atom. The Morgan fingerprint density at radius 3 is 2.53 bits per heavy atom. The smallest absolute Gasteiger partial charge is 0.338 e. The molecule has 0 aliphatic carbocycles. The lowest BCUT2D eigenvalue weighted by Gasteiger charge is -2.36. The number of nitrogens with two attached hydrogens (primary N) is 1. The summed E-state index contributed by atoms with van der Waals surface area (Å²) in [7, 11) is 0. The van der Waals surface area contributed by atoms with Crippen LogP contribution in [0.2, 0.25) is 0 Å². The molecule has 2 atom stereocenters. The van der Waals surface area contributed by atoms with Crippen molar-refractivity contribution in [2.45, 2.75) is 24.3 Å². The number of carboxylic acid groups (broad SMARTS) is 1. The number of hydrogen-bond acceptors (Lipinski definition) is 4. The van der Waals surface area contributed by atoms with Crippen LogP contribution in [0.1, 0.15) is 24.2 Å². The minimum atomic E-state index is -1.30. The highest BCUT2D eigenvalue weighted by Crippen LogP contribution is 2.33. The molecule has 0 aromatic heterocycles. The van der Waals surface area contributed by atoms with Gasteiger partial charge in [0, 0.05) is 29.7 Å². The fourth-order valence-electron chi connectivity index (χ4n) is 2.39. The maximum absolute atomic E-state index is 13.8. The van der Waals surface area contributed by atoms with Gasteiger partial charge in [-0.05, 0) is 6.07 Å². The number of hydrogen-bond donors (Lipinski definition) is 2. The summed E-state index contributed by atoms with van der Waals surface area (Å²) in [5.74, 6) is -2.04. The summed E-state index contributed by atoms with van der Waals surface area (Å²) in [4.78, 5) is 12.9. The van der Waals surface area contributed by atoms with E-state index in [9.17, 15) is 9.18 Å². The van der Waals surface area contributed by atoms with Crippen LogP contribution in [0.15, 0.2) is 12.1 Å². The molecular weight excluding hydrogens is 267 g/mol. The van der Waals surface area contributed by atoms with Gasteiger partial charge in [0.05, 0.1) is 16.9 Å². The standard InChI is InChI=1S/C13H17FN2O2S/c1-7-5-16(6-8(2)19-7)12-4-10(14)9(13(17)18)3-11(12)15/h3-4,7-8H,5-6,15H2,1-2H3,(H,17,18). The maximum atomic E-state index is 13.8. The lowest BCUT2D eigenvalue weighted by atomic mass is 10.1. The van der Waals surface area contributed by atoms with Crippen LogP contribution in [0.25, 0.3) is 0 Å². The first-order valence-corrected chi connectivity index (χ1v) is 7.05. The fraction of sp³-hybridized carbons (Fsp3) is 0.462. The Morgan fingerprint density at radius 1 is 1.42 bits per heavy atom. The van der Waals surface area contributed by atoms with E-state index in [1.807, 2.05) is 16.7 Å². The minimum absolute atomic E-state index is 0.310. The van der Waals surface area contributed by atoms with Crippen LogP contribution in [0.3, 0.4) is 0 Å². The average molecular weight is 284 g/mol. The summed E-state index contributed by atoms with van der Waals surface area (Å²) in [5.41, 5.74) is 6.39. The van der Waals surface area contributed by atoms with Crippen LogP contribution in [0, 0.1) is 5.82 Å². The van der Waals surface area contributed by atoms with Crippen molar-refractivity contribution in [3.63, 3.8) is 0 Å². The minimum Gasteiger partial charge on any atom is -0.478 e. The summed E-state index contributed by atoms with van der Waals surface area (Å²) >= 11 is 1.89. The second kappa shape index (κ2) is 5.28. The van der Waals surface area contributed by atoms with Gasteiger partial charge in [-0.3, -0.25) is 0 Å². The van der Waals surface area contributed by atoms with Gasteiger partial charge in [0.25, 0.3) is 0 Å². The zero-order valence-corrected chi connectivity index (χ0v) is 11.7. The Hall–Kier alpha value is -1.43. The fourth-order valence-corrected chi connectivity index (χ4v) is 3.72. The molecule has 0 spiro atoms. The van der Waals surface area contributed by atoms with E-state index in [2.05, 4.69) is 13.8 Å². The summed E-state index contributed by atoms with van der Waals surface area (Å²) < 4.78 is 13.8. The molecule has 19 heavy (non-hydrogen) atoms. The van der Waals surface area contributed by atoms with Crippen LogP contribution < -0.4 is 10.6 Å². The summed E-state index contributed by atoms with van der Waals surface area (Å²) in [6, 6.07) is 2.43. The molecule has 1 saturated heterocycles. The molecule has 1 heterocycles. The first kappa shape index (κ1) is 14.0. The van der Waals surface area contributed by atoms with Crippen molar-refractivity contribution >= 4 is 29.1 Å². The Balaban J connectivity index is 2.35. The molecule has 4 nitrogen and oxygen atoms in total. The van der Waals surface area contributed by atoms with Crippen LogP contribution in [0.5, 0.6) is 0 Å². The zero-order chi connectivity index (χ0) is 14.2. The molecule has 3 N–H and O–H groups in total. The quantitative estimate of drug-likeness (QED) is 0.817. The molecule has 1 aliphatic rings. The van der Waals surface area contributed by atoms with Crippen molar-refractivity contribution < 1.29 is 14.3 Å². The second-order valence-electron chi connectivity index (χ2n) is 4.86. The molecule has 1 aliphatic heterocycles. The van der Waals surface area contributed by atoms with Crippen LogP contribution >= 0.6 is 11.8 Å². The normalized spacial score (nSPS) is 23.4. The third-order valence-electron chi connectivity index (χ3n) is 3.11. The second-order valence-corrected chi connectivity index (χ2v) is 6.74. The number of rotatable bonds is 2. The maximum Gasteiger partial charge on any atom is 0.338 e.